The molecule has 0 amide bonds. The molecule has 0 unspecified atom stereocenters. The lowest BCUT2D eigenvalue weighted by atomic mass is 10.2. The van der Waals surface area contributed by atoms with E-state index in [4.69, 9.17) is 14.6 Å². The van der Waals surface area contributed by atoms with Crippen molar-refractivity contribution in [1.29, 1.82) is 0 Å². The molecular formula is C12H14O4. The summed E-state index contributed by atoms with van der Waals surface area (Å²) in [5, 5.41) is 8.85. The summed E-state index contributed by atoms with van der Waals surface area (Å²) in [7, 11) is 1.58. The molecule has 0 saturated heterocycles. The highest BCUT2D eigenvalue weighted by atomic mass is 16.5. The van der Waals surface area contributed by atoms with E-state index in [9.17, 15) is 4.79 Å². The standard InChI is InChI=1S/C12H14O4/c1-3-16-11(12(13)14)8-9-4-6-10(15-2)7-5-9/h4-8H,3H2,1-2H3,(H,13,14). The molecule has 0 fully saturated rings. The van der Waals surface area contributed by atoms with Crippen LogP contribution in [0.1, 0.15) is 12.5 Å². The molecule has 16 heavy (non-hydrogen) atoms. The summed E-state index contributed by atoms with van der Waals surface area (Å²) in [5.41, 5.74) is 0.756. The average molecular weight is 222 g/mol. The van der Waals surface area contributed by atoms with Crippen LogP contribution in [0.4, 0.5) is 0 Å². The van der Waals surface area contributed by atoms with E-state index < -0.39 is 5.97 Å². The third kappa shape index (κ3) is 3.31. The molecule has 0 radical (unpaired) electrons. The number of carboxylic acids is 1. The van der Waals surface area contributed by atoms with Crippen LogP contribution in [0.15, 0.2) is 30.0 Å². The molecule has 0 saturated carbocycles. The van der Waals surface area contributed by atoms with Crippen molar-refractivity contribution in [3.8, 4) is 5.75 Å². The summed E-state index contributed by atoms with van der Waals surface area (Å²) < 4.78 is 10.00. The minimum atomic E-state index is -1.07. The molecule has 0 bridgehead atoms. The Morgan fingerprint density at radius 1 is 1.38 bits per heavy atom. The quantitative estimate of drug-likeness (QED) is 0.612. The third-order valence-electron chi connectivity index (χ3n) is 1.92. The van der Waals surface area contributed by atoms with E-state index in [1.165, 1.54) is 6.08 Å². The molecule has 4 heteroatoms. The minimum Gasteiger partial charge on any atom is -0.497 e. The highest BCUT2D eigenvalue weighted by molar-refractivity contribution is 5.89. The molecule has 0 aromatic heterocycles. The largest absolute Gasteiger partial charge is 0.497 e. The van der Waals surface area contributed by atoms with Crippen LogP contribution in [-0.2, 0) is 9.53 Å². The summed E-state index contributed by atoms with van der Waals surface area (Å²) in [6.45, 7) is 2.07. The Hall–Kier alpha value is -1.97. The van der Waals surface area contributed by atoms with Gasteiger partial charge in [-0.15, -0.1) is 0 Å². The van der Waals surface area contributed by atoms with Gasteiger partial charge in [0, 0.05) is 0 Å². The van der Waals surface area contributed by atoms with Gasteiger partial charge in [-0.1, -0.05) is 12.1 Å². The summed E-state index contributed by atoms with van der Waals surface area (Å²) in [6.07, 6.45) is 1.48. The first-order valence-electron chi connectivity index (χ1n) is 4.89. The molecule has 1 rings (SSSR count). The number of carboxylic acid groups (broad SMARTS) is 1. The number of carbonyl (C=O) groups is 1. The summed E-state index contributed by atoms with van der Waals surface area (Å²) in [5.74, 6) is -0.407. The monoisotopic (exact) mass is 222 g/mol. The predicted molar refractivity (Wildman–Crippen MR) is 60.2 cm³/mol. The molecule has 0 heterocycles. The molecule has 0 aliphatic heterocycles. The third-order valence-corrected chi connectivity index (χ3v) is 1.92. The van der Waals surface area contributed by atoms with E-state index >= 15 is 0 Å². The SMILES string of the molecule is CCOC(=Cc1ccc(OC)cc1)C(=O)O. The van der Waals surface area contributed by atoms with Gasteiger partial charge in [0.2, 0.25) is 5.76 Å². The fourth-order valence-electron chi connectivity index (χ4n) is 1.17. The van der Waals surface area contributed by atoms with Gasteiger partial charge in [-0.25, -0.2) is 4.79 Å². The summed E-state index contributed by atoms with van der Waals surface area (Å²) >= 11 is 0. The molecule has 1 aromatic rings. The lowest BCUT2D eigenvalue weighted by Gasteiger charge is -2.04. The van der Waals surface area contributed by atoms with E-state index in [0.717, 1.165) is 11.3 Å². The Bertz CT molecular complexity index is 379. The molecule has 0 aliphatic carbocycles. The zero-order valence-electron chi connectivity index (χ0n) is 9.27. The van der Waals surface area contributed by atoms with E-state index in [2.05, 4.69) is 0 Å². The van der Waals surface area contributed by atoms with Crippen LogP contribution in [0.25, 0.3) is 6.08 Å². The molecule has 4 nitrogen and oxygen atoms in total. The van der Waals surface area contributed by atoms with Gasteiger partial charge in [-0.2, -0.15) is 0 Å². The second kappa shape index (κ2) is 5.80. The summed E-state index contributed by atoms with van der Waals surface area (Å²) in [4.78, 5) is 10.8. The van der Waals surface area contributed by atoms with E-state index in [1.54, 1.807) is 38.3 Å². The van der Waals surface area contributed by atoms with Crippen molar-refractivity contribution in [2.45, 2.75) is 6.92 Å². The van der Waals surface area contributed by atoms with Gasteiger partial charge >= 0.3 is 5.97 Å². The van der Waals surface area contributed by atoms with Crippen molar-refractivity contribution in [2.24, 2.45) is 0 Å². The normalized spacial score (nSPS) is 11.0. The summed E-state index contributed by atoms with van der Waals surface area (Å²) in [6, 6.07) is 7.05. The number of hydrogen-bond donors (Lipinski definition) is 1. The Balaban J connectivity index is 2.89. The molecule has 0 atom stereocenters. The maximum atomic E-state index is 10.8. The second-order valence-electron chi connectivity index (χ2n) is 3.02. The van der Waals surface area contributed by atoms with Gasteiger partial charge in [-0.3, -0.25) is 0 Å². The zero-order chi connectivity index (χ0) is 12.0. The Labute approximate surface area is 94.1 Å². The van der Waals surface area contributed by atoms with Gasteiger partial charge in [0.15, 0.2) is 0 Å². The number of rotatable bonds is 5. The lowest BCUT2D eigenvalue weighted by molar-refractivity contribution is -0.136. The van der Waals surface area contributed by atoms with Gasteiger partial charge in [-0.05, 0) is 30.7 Å². The average Bonchev–Trinajstić information content (AvgIpc) is 2.29. The molecule has 0 aliphatic rings. The van der Waals surface area contributed by atoms with Gasteiger partial charge in [0.05, 0.1) is 13.7 Å². The van der Waals surface area contributed by atoms with Gasteiger partial charge in [0.25, 0.3) is 0 Å². The Morgan fingerprint density at radius 3 is 2.44 bits per heavy atom. The van der Waals surface area contributed by atoms with Crippen molar-refractivity contribution in [2.75, 3.05) is 13.7 Å². The van der Waals surface area contributed by atoms with Crippen molar-refractivity contribution >= 4 is 12.0 Å². The molecule has 86 valence electrons. The van der Waals surface area contributed by atoms with Crippen LogP contribution in [0, 0.1) is 0 Å². The van der Waals surface area contributed by atoms with Crippen LogP contribution in [0.2, 0.25) is 0 Å². The fraction of sp³-hybridized carbons (Fsp3) is 0.250. The van der Waals surface area contributed by atoms with Crippen molar-refractivity contribution in [1.82, 2.24) is 0 Å². The predicted octanol–water partition coefficient (Wildman–Crippen LogP) is 2.16. The van der Waals surface area contributed by atoms with Crippen molar-refractivity contribution in [3.63, 3.8) is 0 Å². The van der Waals surface area contributed by atoms with Crippen LogP contribution >= 0.6 is 0 Å². The molecule has 1 aromatic carbocycles. The number of aliphatic carboxylic acids is 1. The van der Waals surface area contributed by atoms with E-state index in [0.29, 0.717) is 6.61 Å². The van der Waals surface area contributed by atoms with Crippen molar-refractivity contribution < 1.29 is 19.4 Å². The first-order valence-corrected chi connectivity index (χ1v) is 4.89. The minimum absolute atomic E-state index is 0.0623. The molecular weight excluding hydrogens is 208 g/mol. The maximum absolute atomic E-state index is 10.8. The second-order valence-corrected chi connectivity index (χ2v) is 3.02. The van der Waals surface area contributed by atoms with Crippen LogP contribution in [0.5, 0.6) is 5.75 Å². The highest BCUT2D eigenvalue weighted by Gasteiger charge is 2.07. The molecule has 1 N–H and O–H groups in total. The topological polar surface area (TPSA) is 55.8 Å². The van der Waals surface area contributed by atoms with E-state index in [-0.39, 0.29) is 5.76 Å². The number of hydrogen-bond acceptors (Lipinski definition) is 3. The number of ether oxygens (including phenoxy) is 2. The van der Waals surface area contributed by atoms with E-state index in [1.807, 2.05) is 0 Å². The molecule has 0 spiro atoms. The van der Waals surface area contributed by atoms with Crippen molar-refractivity contribution in [3.05, 3.63) is 35.6 Å². The lowest BCUT2D eigenvalue weighted by Crippen LogP contribution is -2.04. The van der Waals surface area contributed by atoms with Crippen LogP contribution in [-0.4, -0.2) is 24.8 Å². The smallest absolute Gasteiger partial charge is 0.371 e. The first kappa shape index (κ1) is 12.1. The number of benzene rings is 1. The van der Waals surface area contributed by atoms with Crippen LogP contribution in [0.3, 0.4) is 0 Å². The Kier molecular flexibility index (Phi) is 4.39. The first-order chi connectivity index (χ1) is 7.67. The Morgan fingerprint density at radius 2 is 2.00 bits per heavy atom. The highest BCUT2D eigenvalue weighted by Crippen LogP contribution is 2.14. The zero-order valence-corrected chi connectivity index (χ0v) is 9.27. The number of methoxy groups -OCH3 is 1. The van der Waals surface area contributed by atoms with Gasteiger partial charge < -0.3 is 14.6 Å². The fourth-order valence-corrected chi connectivity index (χ4v) is 1.17. The van der Waals surface area contributed by atoms with Gasteiger partial charge in [0.1, 0.15) is 5.75 Å². The maximum Gasteiger partial charge on any atom is 0.371 e. The van der Waals surface area contributed by atoms with Crippen LogP contribution < -0.4 is 4.74 Å².